The molecular weight excluding hydrogens is 443 g/mol. The molecule has 0 saturated carbocycles. The van der Waals surface area contributed by atoms with Crippen molar-refractivity contribution in [3.8, 4) is 11.5 Å². The minimum atomic E-state index is -4.86. The summed E-state index contributed by atoms with van der Waals surface area (Å²) in [7, 11) is -4.86. The fourth-order valence-electron chi connectivity index (χ4n) is 2.96. The van der Waals surface area contributed by atoms with Crippen molar-refractivity contribution in [2.24, 2.45) is 11.8 Å². The van der Waals surface area contributed by atoms with Gasteiger partial charge in [-0.05, 0) is 0 Å². The second-order valence-corrected chi connectivity index (χ2v) is 12.9. The summed E-state index contributed by atoms with van der Waals surface area (Å²) in [5, 5.41) is 0. The molecule has 0 aromatic heterocycles. The van der Waals surface area contributed by atoms with Crippen LogP contribution in [0.3, 0.4) is 0 Å². The van der Waals surface area contributed by atoms with E-state index in [0.29, 0.717) is 48.5 Å². The first kappa shape index (κ1) is 25.6. The average molecular weight is 481 g/mol. The summed E-state index contributed by atoms with van der Waals surface area (Å²) >= 11 is 3.54. The van der Waals surface area contributed by atoms with Gasteiger partial charge in [-0.1, -0.05) is 0 Å². The average Bonchev–Trinajstić information content (AvgIpc) is 2.57. The molecule has 0 aliphatic heterocycles. The Bertz CT molecular complexity index is 625. The third-order valence-corrected chi connectivity index (χ3v) is 8.71. The van der Waals surface area contributed by atoms with E-state index < -0.39 is 12.9 Å². The molecule has 0 heterocycles. The summed E-state index contributed by atoms with van der Waals surface area (Å²) in [6.07, 6.45) is 2.08. The van der Waals surface area contributed by atoms with Gasteiger partial charge in [-0.3, -0.25) is 0 Å². The monoisotopic (exact) mass is 480 g/mol. The molecule has 0 saturated heterocycles. The Morgan fingerprint density at radius 2 is 1.39 bits per heavy atom. The molecule has 0 aliphatic rings. The van der Waals surface area contributed by atoms with E-state index in [-0.39, 0.29) is 6.16 Å². The van der Waals surface area contributed by atoms with E-state index >= 15 is 0 Å². The third kappa shape index (κ3) is 7.46. The summed E-state index contributed by atoms with van der Waals surface area (Å²) in [4.78, 5) is 32.0. The van der Waals surface area contributed by atoms with Crippen LogP contribution in [-0.4, -0.2) is 34.1 Å². The molecule has 0 fully saturated rings. The van der Waals surface area contributed by atoms with Gasteiger partial charge < -0.3 is 0 Å². The Kier molecular flexibility index (Phi) is 9.69. The molecule has 0 bridgehead atoms. The first-order valence-corrected chi connectivity index (χ1v) is 13.4. The van der Waals surface area contributed by atoms with Gasteiger partial charge in [0.15, 0.2) is 0 Å². The number of rotatable bonds is 12. The second kappa shape index (κ2) is 10.6. The van der Waals surface area contributed by atoms with E-state index in [1.165, 1.54) is 0 Å². The van der Waals surface area contributed by atoms with Crippen LogP contribution in [0.15, 0.2) is 16.6 Å². The zero-order valence-electron chi connectivity index (χ0n) is 18.1. The van der Waals surface area contributed by atoms with E-state index in [2.05, 4.69) is 43.6 Å². The Morgan fingerprint density at radius 1 is 0.893 bits per heavy atom. The number of benzene rings is 1. The topological polar surface area (TPSA) is 79.2 Å². The van der Waals surface area contributed by atoms with E-state index in [4.69, 9.17) is 9.47 Å². The van der Waals surface area contributed by atoms with Gasteiger partial charge in [0.05, 0.1) is 0 Å². The standard InChI is InChI=1S/C21H38BrO5P/c1-7-21(28(23,24,25)8-2)17-13-20(27-12-10-16(5)6)18(22)14-19(17)26-11-9-15(3)4/h13-16,21,23-25H,7-12H2,1-6H3. The van der Waals surface area contributed by atoms with Crippen LogP contribution < -0.4 is 9.47 Å². The zero-order chi connectivity index (χ0) is 21.6. The maximum absolute atomic E-state index is 10.7. The van der Waals surface area contributed by atoms with Crippen molar-refractivity contribution in [1.29, 1.82) is 0 Å². The molecule has 1 aromatic rings. The Labute approximate surface area is 178 Å². The predicted molar refractivity (Wildman–Crippen MR) is 121 cm³/mol. The van der Waals surface area contributed by atoms with Crippen LogP contribution in [0.1, 0.15) is 72.0 Å². The summed E-state index contributed by atoms with van der Waals surface area (Å²) in [5.74, 6) is 2.19. The number of halogens is 1. The van der Waals surface area contributed by atoms with Crippen LogP contribution in [0.4, 0.5) is 0 Å². The van der Waals surface area contributed by atoms with Crippen molar-refractivity contribution in [2.75, 3.05) is 19.4 Å². The van der Waals surface area contributed by atoms with E-state index in [0.717, 1.165) is 17.3 Å². The Morgan fingerprint density at radius 3 is 1.82 bits per heavy atom. The zero-order valence-corrected chi connectivity index (χ0v) is 20.6. The van der Waals surface area contributed by atoms with Crippen molar-refractivity contribution < 1.29 is 24.2 Å². The fourth-order valence-corrected chi connectivity index (χ4v) is 5.35. The van der Waals surface area contributed by atoms with Gasteiger partial charge >= 0.3 is 179 Å². The normalized spacial score (nSPS) is 14.8. The molecule has 0 amide bonds. The molecule has 5 nitrogen and oxygen atoms in total. The van der Waals surface area contributed by atoms with E-state index in [9.17, 15) is 14.7 Å². The van der Waals surface area contributed by atoms with Crippen LogP contribution in [0.5, 0.6) is 11.5 Å². The SMILES string of the molecule is CCC(c1cc(OCCC(C)C)c(Br)cc1OCCC(C)C)P(O)(O)(O)CC. The van der Waals surface area contributed by atoms with Crippen LogP contribution in [0.2, 0.25) is 0 Å². The first-order chi connectivity index (χ1) is 12.9. The van der Waals surface area contributed by atoms with Crippen LogP contribution in [0, 0.1) is 11.8 Å². The molecule has 28 heavy (non-hydrogen) atoms. The summed E-state index contributed by atoms with van der Waals surface area (Å²) in [6, 6.07) is 3.59. The molecule has 1 aromatic carbocycles. The van der Waals surface area contributed by atoms with Gasteiger partial charge in [-0.25, -0.2) is 0 Å². The van der Waals surface area contributed by atoms with Gasteiger partial charge in [0.2, 0.25) is 0 Å². The molecular formula is C21H38BrO5P. The number of ether oxygens (including phenoxy) is 2. The van der Waals surface area contributed by atoms with Crippen LogP contribution in [0.25, 0.3) is 0 Å². The van der Waals surface area contributed by atoms with Crippen molar-refractivity contribution in [2.45, 2.75) is 66.5 Å². The second-order valence-electron chi connectivity index (χ2n) is 8.34. The predicted octanol–water partition coefficient (Wildman–Crippen LogP) is 6.05. The summed E-state index contributed by atoms with van der Waals surface area (Å²) in [5.41, 5.74) is -0.230. The Hall–Kier alpha value is -0.390. The Balaban J connectivity index is 3.32. The molecule has 3 N–H and O–H groups in total. The quantitative estimate of drug-likeness (QED) is 0.317. The van der Waals surface area contributed by atoms with Crippen molar-refractivity contribution in [1.82, 2.24) is 0 Å². The van der Waals surface area contributed by atoms with Crippen molar-refractivity contribution in [3.05, 3.63) is 22.2 Å². The van der Waals surface area contributed by atoms with Crippen LogP contribution in [-0.2, 0) is 0 Å². The van der Waals surface area contributed by atoms with Gasteiger partial charge in [0.1, 0.15) is 0 Å². The van der Waals surface area contributed by atoms with Gasteiger partial charge in [-0.15, -0.1) is 0 Å². The molecule has 0 spiro atoms. The first-order valence-electron chi connectivity index (χ1n) is 10.2. The molecule has 1 rings (SSSR count). The third-order valence-electron chi connectivity index (χ3n) is 4.96. The van der Waals surface area contributed by atoms with E-state index in [1.54, 1.807) is 13.0 Å². The minimum absolute atomic E-state index is 0.102. The maximum atomic E-state index is 10.7. The van der Waals surface area contributed by atoms with Crippen molar-refractivity contribution >= 4 is 23.2 Å². The molecule has 1 unspecified atom stereocenters. The van der Waals surface area contributed by atoms with Gasteiger partial charge in [-0.2, -0.15) is 0 Å². The van der Waals surface area contributed by atoms with Gasteiger partial charge in [0, 0.05) is 0 Å². The number of hydrogen-bond acceptors (Lipinski definition) is 5. The fraction of sp³-hybridized carbons (Fsp3) is 0.714. The molecule has 7 heteroatoms. The molecule has 164 valence electrons. The molecule has 1 atom stereocenters. The van der Waals surface area contributed by atoms with E-state index in [1.807, 2.05) is 13.0 Å². The summed E-state index contributed by atoms with van der Waals surface area (Å²) in [6.45, 7) is 13.0. The number of hydrogen-bond donors (Lipinski definition) is 3. The van der Waals surface area contributed by atoms with Gasteiger partial charge in [0.25, 0.3) is 0 Å². The molecule has 0 aliphatic carbocycles. The van der Waals surface area contributed by atoms with Crippen molar-refractivity contribution in [3.63, 3.8) is 0 Å². The van der Waals surface area contributed by atoms with Crippen LogP contribution >= 0.6 is 23.2 Å². The molecule has 0 radical (unpaired) electrons. The summed E-state index contributed by atoms with van der Waals surface area (Å²) < 4.78 is 12.7.